The van der Waals surface area contributed by atoms with Crippen LogP contribution in [0.1, 0.15) is 12.5 Å². The Kier molecular flexibility index (Phi) is 3.04. The first-order valence-corrected chi connectivity index (χ1v) is 5.61. The van der Waals surface area contributed by atoms with Crippen LogP contribution in [0.25, 0.3) is 11.3 Å². The Bertz CT molecular complexity index is 531. The van der Waals surface area contributed by atoms with Crippen LogP contribution in [0.2, 0.25) is 0 Å². The molecule has 90 valence electrons. The van der Waals surface area contributed by atoms with Gasteiger partial charge in [-0.2, -0.15) is 0 Å². The number of nitrogens with two attached hydrogens (primary N) is 1. The van der Waals surface area contributed by atoms with Crippen molar-refractivity contribution in [2.75, 3.05) is 12.8 Å². The maximum Gasteiger partial charge on any atom is 0.200 e. The Hall–Kier alpha value is -1.97. The number of hydrogen-bond donors (Lipinski definition) is 1. The van der Waals surface area contributed by atoms with Gasteiger partial charge < -0.3 is 15.0 Å². The summed E-state index contributed by atoms with van der Waals surface area (Å²) in [5, 5.41) is 0. The third-order valence-corrected chi connectivity index (χ3v) is 2.97. The topological polar surface area (TPSA) is 53.1 Å². The van der Waals surface area contributed by atoms with Crippen LogP contribution in [0.15, 0.2) is 24.4 Å². The molecule has 0 aliphatic heterocycles. The van der Waals surface area contributed by atoms with Crippen molar-refractivity contribution < 1.29 is 4.74 Å². The van der Waals surface area contributed by atoms with E-state index in [9.17, 15) is 0 Å². The summed E-state index contributed by atoms with van der Waals surface area (Å²) in [6.45, 7) is 2.13. The van der Waals surface area contributed by atoms with E-state index in [2.05, 4.69) is 24.0 Å². The van der Waals surface area contributed by atoms with E-state index in [0.29, 0.717) is 5.95 Å². The Balaban J connectivity index is 2.60. The first-order chi connectivity index (χ1) is 8.17. The Morgan fingerprint density at radius 3 is 2.71 bits per heavy atom. The van der Waals surface area contributed by atoms with E-state index in [-0.39, 0.29) is 0 Å². The summed E-state index contributed by atoms with van der Waals surface area (Å²) in [6.07, 6.45) is 2.76. The fraction of sp³-hybridized carbons (Fsp3) is 0.308. The number of anilines is 1. The lowest BCUT2D eigenvalue weighted by molar-refractivity contribution is 0.416. The van der Waals surface area contributed by atoms with E-state index in [1.165, 1.54) is 5.56 Å². The number of nitrogen functional groups attached to an aromatic ring is 1. The van der Waals surface area contributed by atoms with Gasteiger partial charge >= 0.3 is 0 Å². The molecule has 0 saturated heterocycles. The van der Waals surface area contributed by atoms with Gasteiger partial charge in [0.1, 0.15) is 5.75 Å². The quantitative estimate of drug-likeness (QED) is 0.881. The molecular weight excluding hydrogens is 214 g/mol. The summed E-state index contributed by atoms with van der Waals surface area (Å²) in [4.78, 5) is 4.11. The number of methoxy groups -OCH3 is 1. The third kappa shape index (κ3) is 1.98. The Morgan fingerprint density at radius 2 is 2.18 bits per heavy atom. The second kappa shape index (κ2) is 4.49. The van der Waals surface area contributed by atoms with Crippen molar-refractivity contribution in [2.24, 2.45) is 7.05 Å². The van der Waals surface area contributed by atoms with Crippen molar-refractivity contribution >= 4 is 5.95 Å². The van der Waals surface area contributed by atoms with Crippen LogP contribution < -0.4 is 10.5 Å². The van der Waals surface area contributed by atoms with E-state index in [0.717, 1.165) is 23.4 Å². The van der Waals surface area contributed by atoms with Crippen LogP contribution >= 0.6 is 0 Å². The zero-order valence-electron chi connectivity index (χ0n) is 10.4. The summed E-state index contributed by atoms with van der Waals surface area (Å²) in [7, 11) is 3.57. The minimum absolute atomic E-state index is 0.504. The van der Waals surface area contributed by atoms with Gasteiger partial charge in [0.25, 0.3) is 0 Å². The van der Waals surface area contributed by atoms with Crippen LogP contribution in [-0.4, -0.2) is 16.7 Å². The molecule has 17 heavy (non-hydrogen) atoms. The van der Waals surface area contributed by atoms with Crippen LogP contribution in [0.5, 0.6) is 5.75 Å². The minimum atomic E-state index is 0.504. The number of hydrogen-bond acceptors (Lipinski definition) is 3. The second-order valence-corrected chi connectivity index (χ2v) is 3.95. The highest BCUT2D eigenvalue weighted by molar-refractivity contribution is 5.69. The standard InChI is InChI=1S/C13H17N3O/c1-4-9-5-6-12(17-3)10(7-9)11-8-15-13(14)16(11)2/h5-8H,4H2,1-3H3,(H2,14,15). The zero-order valence-corrected chi connectivity index (χ0v) is 10.4. The fourth-order valence-electron chi connectivity index (χ4n) is 1.85. The van der Waals surface area contributed by atoms with Gasteiger partial charge in [-0.05, 0) is 24.1 Å². The van der Waals surface area contributed by atoms with Crippen LogP contribution in [0, 0.1) is 0 Å². The molecule has 1 aromatic heterocycles. The molecule has 2 aromatic rings. The lowest BCUT2D eigenvalue weighted by Gasteiger charge is -2.11. The molecule has 0 aliphatic carbocycles. The molecule has 0 atom stereocenters. The SMILES string of the molecule is CCc1ccc(OC)c(-c2cnc(N)n2C)c1. The molecule has 0 fully saturated rings. The highest BCUT2D eigenvalue weighted by Gasteiger charge is 2.11. The Morgan fingerprint density at radius 1 is 1.41 bits per heavy atom. The molecule has 0 saturated carbocycles. The molecule has 0 amide bonds. The summed E-state index contributed by atoms with van der Waals surface area (Å²) < 4.78 is 7.24. The molecule has 1 heterocycles. The zero-order chi connectivity index (χ0) is 12.4. The second-order valence-electron chi connectivity index (χ2n) is 3.95. The normalized spacial score (nSPS) is 10.5. The van der Waals surface area contributed by atoms with Gasteiger partial charge in [0, 0.05) is 12.6 Å². The maximum absolute atomic E-state index is 5.75. The van der Waals surface area contributed by atoms with E-state index in [4.69, 9.17) is 10.5 Å². The van der Waals surface area contributed by atoms with E-state index >= 15 is 0 Å². The minimum Gasteiger partial charge on any atom is -0.496 e. The van der Waals surface area contributed by atoms with Gasteiger partial charge in [-0.25, -0.2) is 4.98 Å². The van der Waals surface area contributed by atoms with E-state index in [1.807, 2.05) is 17.7 Å². The van der Waals surface area contributed by atoms with Gasteiger partial charge in [0.15, 0.2) is 5.95 Å². The fourth-order valence-corrected chi connectivity index (χ4v) is 1.85. The number of rotatable bonds is 3. The molecule has 0 bridgehead atoms. The largest absolute Gasteiger partial charge is 0.496 e. The van der Waals surface area contributed by atoms with Crippen molar-refractivity contribution in [3.8, 4) is 17.0 Å². The van der Waals surface area contributed by atoms with Crippen molar-refractivity contribution in [3.63, 3.8) is 0 Å². The molecule has 0 spiro atoms. The Labute approximate surface area is 101 Å². The molecule has 0 aliphatic rings. The molecular formula is C13H17N3O. The molecule has 0 radical (unpaired) electrons. The van der Waals surface area contributed by atoms with Gasteiger partial charge in [-0.1, -0.05) is 13.0 Å². The lowest BCUT2D eigenvalue weighted by atomic mass is 10.1. The highest BCUT2D eigenvalue weighted by Crippen LogP contribution is 2.31. The average molecular weight is 231 g/mol. The number of aromatic nitrogens is 2. The van der Waals surface area contributed by atoms with E-state index in [1.54, 1.807) is 13.3 Å². The number of nitrogens with zero attached hydrogens (tertiary/aromatic N) is 2. The average Bonchev–Trinajstić information content (AvgIpc) is 2.69. The molecule has 0 unspecified atom stereocenters. The molecule has 4 heteroatoms. The van der Waals surface area contributed by atoms with Crippen LogP contribution in [0.4, 0.5) is 5.95 Å². The third-order valence-electron chi connectivity index (χ3n) is 2.97. The maximum atomic E-state index is 5.75. The van der Waals surface area contributed by atoms with Crippen molar-refractivity contribution in [3.05, 3.63) is 30.0 Å². The van der Waals surface area contributed by atoms with Crippen molar-refractivity contribution in [2.45, 2.75) is 13.3 Å². The smallest absolute Gasteiger partial charge is 0.200 e. The summed E-state index contributed by atoms with van der Waals surface area (Å²) in [6, 6.07) is 6.18. The summed E-state index contributed by atoms with van der Waals surface area (Å²) >= 11 is 0. The highest BCUT2D eigenvalue weighted by atomic mass is 16.5. The summed E-state index contributed by atoms with van der Waals surface area (Å²) in [5.41, 5.74) is 9.01. The van der Waals surface area contributed by atoms with Crippen molar-refractivity contribution in [1.29, 1.82) is 0 Å². The van der Waals surface area contributed by atoms with Gasteiger partial charge in [0.05, 0.1) is 19.0 Å². The predicted molar refractivity (Wildman–Crippen MR) is 69.0 cm³/mol. The summed E-state index contributed by atoms with van der Waals surface area (Å²) in [5.74, 6) is 1.34. The first-order valence-electron chi connectivity index (χ1n) is 5.61. The van der Waals surface area contributed by atoms with Gasteiger partial charge in [-0.3, -0.25) is 0 Å². The van der Waals surface area contributed by atoms with E-state index < -0.39 is 0 Å². The van der Waals surface area contributed by atoms with Gasteiger partial charge in [0.2, 0.25) is 0 Å². The molecule has 1 aromatic carbocycles. The van der Waals surface area contributed by atoms with Gasteiger partial charge in [-0.15, -0.1) is 0 Å². The number of aryl methyl sites for hydroxylation is 1. The molecule has 4 nitrogen and oxygen atoms in total. The van der Waals surface area contributed by atoms with Crippen LogP contribution in [0.3, 0.4) is 0 Å². The van der Waals surface area contributed by atoms with Crippen LogP contribution in [-0.2, 0) is 13.5 Å². The van der Waals surface area contributed by atoms with Crippen molar-refractivity contribution in [1.82, 2.24) is 9.55 Å². The number of benzene rings is 1. The molecule has 2 N–H and O–H groups in total. The first kappa shape index (κ1) is 11.5. The number of imidazole rings is 1. The lowest BCUT2D eigenvalue weighted by Crippen LogP contribution is -2.00. The predicted octanol–water partition coefficient (Wildman–Crippen LogP) is 2.24. The number of ether oxygens (including phenoxy) is 1. The molecule has 2 rings (SSSR count). The monoisotopic (exact) mass is 231 g/mol.